The zero-order valence-electron chi connectivity index (χ0n) is 14.6. The van der Waals surface area contributed by atoms with Gasteiger partial charge in [-0.15, -0.1) is 0 Å². The molecule has 0 amide bonds. The summed E-state index contributed by atoms with van der Waals surface area (Å²) in [5, 5.41) is 13.1. The summed E-state index contributed by atoms with van der Waals surface area (Å²) in [6.07, 6.45) is 11.4. The van der Waals surface area contributed by atoms with Crippen molar-refractivity contribution in [3.8, 4) is 11.4 Å². The van der Waals surface area contributed by atoms with E-state index in [9.17, 15) is 4.79 Å². The Morgan fingerprint density at radius 3 is 2.80 bits per heavy atom. The summed E-state index contributed by atoms with van der Waals surface area (Å²) in [4.78, 5) is 19.4. The summed E-state index contributed by atoms with van der Waals surface area (Å²) in [5.41, 5.74) is 0.604. The molecule has 1 saturated carbocycles. The molecule has 0 atom stereocenters. The highest BCUT2D eigenvalue weighted by molar-refractivity contribution is 5.86. The number of pyridine rings is 1. The summed E-state index contributed by atoms with van der Waals surface area (Å²) in [5.74, 6) is 1.21. The van der Waals surface area contributed by atoms with Crippen molar-refractivity contribution in [1.82, 2.24) is 15.1 Å². The van der Waals surface area contributed by atoms with Gasteiger partial charge in [0.15, 0.2) is 0 Å². The first kappa shape index (κ1) is 17.6. The minimum absolute atomic E-state index is 0.0172. The van der Waals surface area contributed by atoms with Crippen molar-refractivity contribution in [1.29, 1.82) is 0 Å². The van der Waals surface area contributed by atoms with Crippen molar-refractivity contribution >= 4 is 5.97 Å². The predicted octanol–water partition coefficient (Wildman–Crippen LogP) is 4.68. The van der Waals surface area contributed by atoms with E-state index < -0.39 is 5.97 Å². The molecule has 2 heterocycles. The van der Waals surface area contributed by atoms with Crippen LogP contribution in [0.15, 0.2) is 22.9 Å². The molecule has 6 heteroatoms. The van der Waals surface area contributed by atoms with Gasteiger partial charge in [0.2, 0.25) is 11.7 Å². The van der Waals surface area contributed by atoms with Crippen LogP contribution >= 0.6 is 0 Å². The monoisotopic (exact) mass is 343 g/mol. The lowest BCUT2D eigenvalue weighted by molar-refractivity contribution is 0.0690. The minimum Gasteiger partial charge on any atom is -0.477 e. The maximum atomic E-state index is 11.0. The fourth-order valence-corrected chi connectivity index (χ4v) is 3.59. The average Bonchev–Trinajstić information content (AvgIpc) is 3.13. The van der Waals surface area contributed by atoms with E-state index in [1.54, 1.807) is 6.07 Å². The van der Waals surface area contributed by atoms with E-state index in [0.29, 0.717) is 23.2 Å². The molecule has 134 valence electrons. The van der Waals surface area contributed by atoms with Gasteiger partial charge in [0, 0.05) is 17.7 Å². The van der Waals surface area contributed by atoms with Gasteiger partial charge in [-0.25, -0.2) is 9.78 Å². The quantitative estimate of drug-likeness (QED) is 0.734. The van der Waals surface area contributed by atoms with E-state index in [0.717, 1.165) is 18.8 Å². The van der Waals surface area contributed by atoms with Gasteiger partial charge in [0.05, 0.1) is 0 Å². The van der Waals surface area contributed by atoms with Gasteiger partial charge in [0.25, 0.3) is 0 Å². The standard InChI is InChI=1S/C19H25N3O3/c1-2-3-4-5-13-6-8-14(9-7-13)18-21-17(22-25-18)15-10-11-20-16(12-15)19(23)24/h10-14H,2-9H2,1H3,(H,23,24). The second-order valence-corrected chi connectivity index (χ2v) is 6.90. The highest BCUT2D eigenvalue weighted by atomic mass is 16.5. The lowest BCUT2D eigenvalue weighted by Gasteiger charge is -2.26. The molecule has 6 nitrogen and oxygen atoms in total. The first-order valence-corrected chi connectivity index (χ1v) is 9.20. The van der Waals surface area contributed by atoms with Crippen LogP contribution in [0.2, 0.25) is 0 Å². The molecule has 1 aliphatic rings. The van der Waals surface area contributed by atoms with Crippen molar-refractivity contribution in [2.45, 2.75) is 64.2 Å². The van der Waals surface area contributed by atoms with E-state index in [1.165, 1.54) is 50.8 Å². The highest BCUT2D eigenvalue weighted by Crippen LogP contribution is 2.37. The summed E-state index contributed by atoms with van der Waals surface area (Å²) < 4.78 is 5.46. The molecule has 25 heavy (non-hydrogen) atoms. The van der Waals surface area contributed by atoms with Gasteiger partial charge < -0.3 is 9.63 Å². The molecule has 1 aliphatic carbocycles. The van der Waals surface area contributed by atoms with E-state index in [4.69, 9.17) is 9.63 Å². The molecule has 0 bridgehead atoms. The second-order valence-electron chi connectivity index (χ2n) is 6.90. The Labute approximate surface area is 147 Å². The summed E-state index contributed by atoms with van der Waals surface area (Å²) >= 11 is 0. The Bertz CT molecular complexity index is 705. The van der Waals surface area contributed by atoms with Gasteiger partial charge in [-0.1, -0.05) is 37.8 Å². The summed E-state index contributed by atoms with van der Waals surface area (Å²) in [7, 11) is 0. The maximum absolute atomic E-state index is 11.0. The topological polar surface area (TPSA) is 89.1 Å². The SMILES string of the molecule is CCCCCC1CCC(c2nc(-c3ccnc(C(=O)O)c3)no2)CC1. The van der Waals surface area contributed by atoms with Crippen LogP contribution in [-0.4, -0.2) is 26.2 Å². The van der Waals surface area contributed by atoms with Crippen molar-refractivity contribution in [3.63, 3.8) is 0 Å². The Morgan fingerprint density at radius 2 is 2.08 bits per heavy atom. The molecule has 2 aromatic rings. The van der Waals surface area contributed by atoms with Crippen LogP contribution in [0.5, 0.6) is 0 Å². The molecule has 0 aromatic carbocycles. The van der Waals surface area contributed by atoms with E-state index in [1.807, 2.05) is 0 Å². The molecule has 0 aliphatic heterocycles. The second kappa shape index (κ2) is 8.23. The fraction of sp³-hybridized carbons (Fsp3) is 0.579. The third-order valence-electron chi connectivity index (χ3n) is 5.09. The van der Waals surface area contributed by atoms with Crippen LogP contribution in [0.4, 0.5) is 0 Å². The van der Waals surface area contributed by atoms with E-state index >= 15 is 0 Å². The zero-order valence-corrected chi connectivity index (χ0v) is 14.6. The Morgan fingerprint density at radius 1 is 1.28 bits per heavy atom. The first-order chi connectivity index (χ1) is 12.2. The van der Waals surface area contributed by atoms with Crippen LogP contribution in [0.25, 0.3) is 11.4 Å². The fourth-order valence-electron chi connectivity index (χ4n) is 3.59. The van der Waals surface area contributed by atoms with E-state index in [2.05, 4.69) is 22.0 Å². The first-order valence-electron chi connectivity index (χ1n) is 9.20. The molecule has 1 N–H and O–H groups in total. The molecule has 0 unspecified atom stereocenters. The zero-order chi connectivity index (χ0) is 17.6. The number of aromatic nitrogens is 3. The lowest BCUT2D eigenvalue weighted by Crippen LogP contribution is -2.13. The number of aromatic carboxylic acids is 1. The van der Waals surface area contributed by atoms with Crippen LogP contribution in [0.1, 0.15) is 80.6 Å². The molecule has 0 spiro atoms. The van der Waals surface area contributed by atoms with Crippen molar-refractivity contribution in [2.75, 3.05) is 0 Å². The largest absolute Gasteiger partial charge is 0.477 e. The van der Waals surface area contributed by atoms with Gasteiger partial charge in [-0.3, -0.25) is 0 Å². The van der Waals surface area contributed by atoms with Crippen molar-refractivity contribution in [2.24, 2.45) is 5.92 Å². The predicted molar refractivity (Wildman–Crippen MR) is 93.3 cm³/mol. The van der Waals surface area contributed by atoms with Crippen LogP contribution in [0.3, 0.4) is 0 Å². The van der Waals surface area contributed by atoms with Crippen LogP contribution < -0.4 is 0 Å². The Hall–Kier alpha value is -2.24. The average molecular weight is 343 g/mol. The number of carboxylic acids is 1. The van der Waals surface area contributed by atoms with Gasteiger partial charge >= 0.3 is 5.97 Å². The number of unbranched alkanes of at least 4 members (excludes halogenated alkanes) is 2. The van der Waals surface area contributed by atoms with Crippen molar-refractivity contribution in [3.05, 3.63) is 29.9 Å². The molecular weight excluding hydrogens is 318 g/mol. The van der Waals surface area contributed by atoms with Gasteiger partial charge in [-0.05, 0) is 43.7 Å². The molecule has 1 fully saturated rings. The molecule has 0 radical (unpaired) electrons. The van der Waals surface area contributed by atoms with Crippen molar-refractivity contribution < 1.29 is 14.4 Å². The highest BCUT2D eigenvalue weighted by Gasteiger charge is 2.26. The molecule has 0 saturated heterocycles. The van der Waals surface area contributed by atoms with Gasteiger partial charge in [-0.2, -0.15) is 4.98 Å². The van der Waals surface area contributed by atoms with Crippen LogP contribution in [0, 0.1) is 5.92 Å². The third-order valence-corrected chi connectivity index (χ3v) is 5.09. The van der Waals surface area contributed by atoms with E-state index in [-0.39, 0.29) is 5.69 Å². The molecular formula is C19H25N3O3. The van der Waals surface area contributed by atoms with Crippen LogP contribution in [-0.2, 0) is 0 Å². The third kappa shape index (κ3) is 4.44. The Kier molecular flexibility index (Phi) is 5.79. The number of hydrogen-bond acceptors (Lipinski definition) is 5. The number of rotatable bonds is 7. The normalized spacial score (nSPS) is 20.5. The number of carboxylic acid groups (broad SMARTS) is 1. The van der Waals surface area contributed by atoms with Gasteiger partial charge in [0.1, 0.15) is 5.69 Å². The summed E-state index contributed by atoms with van der Waals surface area (Å²) in [6.45, 7) is 2.24. The Balaban J connectivity index is 1.61. The minimum atomic E-state index is -1.06. The number of hydrogen-bond donors (Lipinski definition) is 1. The number of nitrogens with zero attached hydrogens (tertiary/aromatic N) is 3. The lowest BCUT2D eigenvalue weighted by atomic mass is 9.79. The smallest absolute Gasteiger partial charge is 0.354 e. The molecule has 3 rings (SSSR count). The maximum Gasteiger partial charge on any atom is 0.354 e. The summed E-state index contributed by atoms with van der Waals surface area (Å²) in [6, 6.07) is 3.17. The number of carbonyl (C=O) groups is 1. The molecule has 2 aromatic heterocycles.